The topological polar surface area (TPSA) is 68.6 Å². The van der Waals surface area contributed by atoms with Crippen molar-refractivity contribution in [2.75, 3.05) is 17.7 Å². The molecule has 0 aliphatic heterocycles. The Labute approximate surface area is 146 Å². The zero-order valence-electron chi connectivity index (χ0n) is 14.0. The largest absolute Gasteiger partial charge is 0.356 e. The average molecular weight is 341 g/mol. The van der Waals surface area contributed by atoms with Gasteiger partial charge < -0.3 is 9.88 Å². The molecule has 2 saturated carbocycles. The highest BCUT2D eigenvalue weighted by atomic mass is 32.2. The van der Waals surface area contributed by atoms with E-state index in [-0.39, 0.29) is 0 Å². The highest BCUT2D eigenvalue weighted by molar-refractivity contribution is 7.99. The van der Waals surface area contributed by atoms with Crippen LogP contribution in [0.4, 0.5) is 5.82 Å². The van der Waals surface area contributed by atoms with Crippen LogP contribution < -0.4 is 4.90 Å². The minimum absolute atomic E-state index is 0.310. The summed E-state index contributed by atoms with van der Waals surface area (Å²) < 4.78 is 0. The van der Waals surface area contributed by atoms with Gasteiger partial charge in [-0.25, -0.2) is 9.97 Å². The number of H-pyrrole nitrogens is 1. The molecule has 0 bridgehead atoms. The van der Waals surface area contributed by atoms with Crippen molar-refractivity contribution in [2.45, 2.75) is 43.4 Å². The molecule has 2 aromatic heterocycles. The number of anilines is 1. The smallest absolute Gasteiger partial charge is 0.142 e. The fourth-order valence-electron chi connectivity index (χ4n) is 3.95. The third-order valence-electron chi connectivity index (χ3n) is 5.56. The van der Waals surface area contributed by atoms with Gasteiger partial charge in [0.25, 0.3) is 0 Å². The van der Waals surface area contributed by atoms with Gasteiger partial charge in [0.2, 0.25) is 0 Å². The zero-order valence-corrected chi connectivity index (χ0v) is 14.8. The van der Waals surface area contributed by atoms with Crippen molar-refractivity contribution in [3.8, 4) is 6.07 Å². The maximum Gasteiger partial charge on any atom is 0.142 e. The molecular weight excluding hydrogens is 318 g/mol. The van der Waals surface area contributed by atoms with Crippen molar-refractivity contribution in [3.63, 3.8) is 0 Å². The molecule has 2 aromatic rings. The summed E-state index contributed by atoms with van der Waals surface area (Å²) in [6, 6.07) is 5.06. The molecule has 2 aliphatic carbocycles. The zero-order chi connectivity index (χ0) is 16.5. The Morgan fingerprint density at radius 3 is 3.00 bits per heavy atom. The Morgan fingerprint density at radius 2 is 2.21 bits per heavy atom. The van der Waals surface area contributed by atoms with Gasteiger partial charge in [0.1, 0.15) is 17.8 Å². The first-order valence-corrected chi connectivity index (χ1v) is 9.81. The predicted molar refractivity (Wildman–Crippen MR) is 98.0 cm³/mol. The molecule has 2 heterocycles. The van der Waals surface area contributed by atoms with Crippen molar-refractivity contribution < 1.29 is 0 Å². The van der Waals surface area contributed by atoms with Gasteiger partial charge in [-0.3, -0.25) is 0 Å². The molecule has 0 amide bonds. The van der Waals surface area contributed by atoms with Gasteiger partial charge in [-0.05, 0) is 49.8 Å². The molecular formula is C18H23N5S. The second-order valence-electron chi connectivity index (χ2n) is 7.13. The summed E-state index contributed by atoms with van der Waals surface area (Å²) in [4.78, 5) is 14.2. The summed E-state index contributed by atoms with van der Waals surface area (Å²) >= 11 is 2.10. The molecule has 0 aromatic carbocycles. The van der Waals surface area contributed by atoms with Gasteiger partial charge in [-0.15, -0.1) is 0 Å². The monoisotopic (exact) mass is 341 g/mol. The molecule has 2 aliphatic rings. The lowest BCUT2D eigenvalue weighted by Gasteiger charge is -2.42. The molecule has 5 nitrogen and oxygen atoms in total. The minimum Gasteiger partial charge on any atom is -0.356 e. The SMILES string of the molecule is CN(c1ncnc2[nH]ccc12)C1CC(CSC2CCC(C#N)C2)C1. The number of thioether (sulfide) groups is 1. The van der Waals surface area contributed by atoms with Crippen LogP contribution in [0.5, 0.6) is 0 Å². The van der Waals surface area contributed by atoms with E-state index in [1.807, 2.05) is 6.20 Å². The summed E-state index contributed by atoms with van der Waals surface area (Å²) in [5, 5.41) is 10.8. The van der Waals surface area contributed by atoms with E-state index in [1.165, 1.54) is 25.0 Å². The fraction of sp³-hybridized carbons (Fsp3) is 0.611. The number of hydrogen-bond donors (Lipinski definition) is 1. The Bertz CT molecular complexity index is 745. The molecule has 2 atom stereocenters. The van der Waals surface area contributed by atoms with Crippen LogP contribution in [0.3, 0.4) is 0 Å². The van der Waals surface area contributed by atoms with Gasteiger partial charge >= 0.3 is 0 Å². The molecule has 0 saturated heterocycles. The van der Waals surface area contributed by atoms with E-state index in [4.69, 9.17) is 5.26 Å². The average Bonchev–Trinajstić information content (AvgIpc) is 3.21. The second kappa shape index (κ2) is 6.64. The quantitative estimate of drug-likeness (QED) is 0.900. The van der Waals surface area contributed by atoms with E-state index in [2.05, 4.69) is 50.8 Å². The van der Waals surface area contributed by atoms with Crippen LogP contribution in [0.25, 0.3) is 11.0 Å². The molecule has 0 radical (unpaired) electrons. The summed E-state index contributed by atoms with van der Waals surface area (Å²) in [7, 11) is 2.15. The number of fused-ring (bicyclic) bond motifs is 1. The first kappa shape index (κ1) is 15.8. The summed E-state index contributed by atoms with van der Waals surface area (Å²) in [5.41, 5.74) is 0.909. The van der Waals surface area contributed by atoms with E-state index in [0.717, 1.165) is 35.6 Å². The van der Waals surface area contributed by atoms with E-state index >= 15 is 0 Å². The van der Waals surface area contributed by atoms with Crippen molar-refractivity contribution in [1.82, 2.24) is 15.0 Å². The van der Waals surface area contributed by atoms with Crippen molar-refractivity contribution in [1.29, 1.82) is 5.26 Å². The lowest BCUT2D eigenvalue weighted by Crippen LogP contribution is -2.44. The van der Waals surface area contributed by atoms with Crippen LogP contribution in [0, 0.1) is 23.2 Å². The van der Waals surface area contributed by atoms with Gasteiger partial charge in [-0.1, -0.05) is 0 Å². The number of nitrogens with zero attached hydrogens (tertiary/aromatic N) is 4. The van der Waals surface area contributed by atoms with Gasteiger partial charge in [0, 0.05) is 30.5 Å². The standard InChI is InChI=1S/C18H23N5S/c1-23(18-16-4-5-20-17(16)21-11-22-18)14-6-13(7-14)10-24-15-3-2-12(8-15)9-19/h4-5,11-15H,2-3,6-8,10H2,1H3,(H,20,21,22). The minimum atomic E-state index is 0.310. The Hall–Kier alpha value is -1.74. The molecule has 4 rings (SSSR count). The van der Waals surface area contributed by atoms with E-state index < -0.39 is 0 Å². The molecule has 1 N–H and O–H groups in total. The van der Waals surface area contributed by atoms with E-state index in [9.17, 15) is 0 Å². The highest BCUT2D eigenvalue weighted by Gasteiger charge is 2.34. The van der Waals surface area contributed by atoms with Gasteiger partial charge in [0.05, 0.1) is 11.5 Å². The lowest BCUT2D eigenvalue weighted by molar-refractivity contribution is 0.285. The molecule has 126 valence electrons. The fourth-order valence-corrected chi connectivity index (χ4v) is 5.43. The Morgan fingerprint density at radius 1 is 1.33 bits per heavy atom. The van der Waals surface area contributed by atoms with Gasteiger partial charge in [0.15, 0.2) is 0 Å². The maximum absolute atomic E-state index is 9.00. The number of aromatic nitrogens is 3. The maximum atomic E-state index is 9.00. The van der Waals surface area contributed by atoms with Crippen LogP contribution in [0.2, 0.25) is 0 Å². The number of nitriles is 1. The summed E-state index contributed by atoms with van der Waals surface area (Å²) in [6.45, 7) is 0. The van der Waals surface area contributed by atoms with Gasteiger partial charge in [-0.2, -0.15) is 17.0 Å². The number of aromatic amines is 1. The van der Waals surface area contributed by atoms with E-state index in [1.54, 1.807) is 6.33 Å². The first-order valence-electron chi connectivity index (χ1n) is 8.76. The van der Waals surface area contributed by atoms with Crippen LogP contribution in [0.1, 0.15) is 32.1 Å². The first-order chi connectivity index (χ1) is 11.7. The lowest BCUT2D eigenvalue weighted by atomic mass is 9.81. The van der Waals surface area contributed by atoms with Crippen LogP contribution in [-0.2, 0) is 0 Å². The van der Waals surface area contributed by atoms with E-state index in [0.29, 0.717) is 17.2 Å². The Balaban J connectivity index is 1.28. The Kier molecular flexibility index (Phi) is 4.36. The summed E-state index contributed by atoms with van der Waals surface area (Å²) in [6.07, 6.45) is 9.48. The van der Waals surface area contributed by atoms with Crippen LogP contribution in [-0.4, -0.2) is 39.0 Å². The molecule has 6 heteroatoms. The molecule has 24 heavy (non-hydrogen) atoms. The molecule has 0 spiro atoms. The third kappa shape index (κ3) is 2.98. The highest BCUT2D eigenvalue weighted by Crippen LogP contribution is 2.40. The third-order valence-corrected chi connectivity index (χ3v) is 7.12. The predicted octanol–water partition coefficient (Wildman–Crippen LogP) is 3.60. The number of rotatable bonds is 5. The summed E-state index contributed by atoms with van der Waals surface area (Å²) in [5.74, 6) is 3.40. The molecule has 2 fully saturated rings. The second-order valence-corrected chi connectivity index (χ2v) is 8.47. The number of hydrogen-bond acceptors (Lipinski definition) is 5. The van der Waals surface area contributed by atoms with Crippen LogP contribution >= 0.6 is 11.8 Å². The van der Waals surface area contributed by atoms with Crippen molar-refractivity contribution in [3.05, 3.63) is 18.6 Å². The van der Waals surface area contributed by atoms with Crippen LogP contribution in [0.15, 0.2) is 18.6 Å². The number of nitrogens with one attached hydrogen (secondary N) is 1. The normalized spacial score (nSPS) is 29.3. The van der Waals surface area contributed by atoms with Crippen molar-refractivity contribution in [2.24, 2.45) is 11.8 Å². The molecule has 2 unspecified atom stereocenters. The van der Waals surface area contributed by atoms with Crippen molar-refractivity contribution >= 4 is 28.6 Å².